The molecule has 3 rings (SSSR count). The Morgan fingerprint density at radius 2 is 2.00 bits per heavy atom. The first-order valence-corrected chi connectivity index (χ1v) is 9.04. The van der Waals surface area contributed by atoms with Crippen molar-refractivity contribution < 1.29 is 28.7 Å². The number of aromatic carboxylic acids is 1. The maximum atomic E-state index is 11.6. The minimum atomic E-state index is -2.45. The third-order valence-corrected chi connectivity index (χ3v) is 4.10. The summed E-state index contributed by atoms with van der Waals surface area (Å²) in [5.74, 6) is -1.53. The molecule has 0 aliphatic rings. The van der Waals surface area contributed by atoms with Crippen LogP contribution in [0.25, 0.3) is 11.1 Å². The van der Waals surface area contributed by atoms with Crippen LogP contribution in [-0.4, -0.2) is 29.2 Å². The van der Waals surface area contributed by atoms with Gasteiger partial charge in [0.05, 0.1) is 22.6 Å². The molecule has 0 saturated heterocycles. The number of hydrogen-bond acceptors (Lipinski definition) is 3. The zero-order chi connectivity index (χ0) is 29.4. The van der Waals surface area contributed by atoms with Crippen molar-refractivity contribution in [3.63, 3.8) is 0 Å². The Hall–Kier alpha value is -2.95. The van der Waals surface area contributed by atoms with Crippen LogP contribution in [-0.2, 0) is 6.42 Å². The molecule has 0 aromatic heterocycles. The Morgan fingerprint density at radius 1 is 1.17 bits per heavy atom. The van der Waals surface area contributed by atoms with Crippen molar-refractivity contribution in [1.82, 2.24) is 5.32 Å². The Balaban J connectivity index is 1.76. The molecular formula is C25H27NO3. The van der Waals surface area contributed by atoms with E-state index in [1.54, 1.807) is 24.3 Å². The van der Waals surface area contributed by atoms with E-state index < -0.39 is 60.4 Å². The lowest BCUT2D eigenvalue weighted by atomic mass is 9.99. The van der Waals surface area contributed by atoms with Crippen LogP contribution < -0.4 is 5.32 Å². The molecule has 0 unspecified atom stereocenters. The second-order valence-corrected chi connectivity index (χ2v) is 6.37. The van der Waals surface area contributed by atoms with Crippen LogP contribution in [0.5, 0.6) is 0 Å². The molecule has 150 valence electrons. The number of rotatable bonds is 9. The standard InChI is InChI=1S/C25H27NO3/c1-18-6-2-11-22(14-18)24(27)17-26-13-5-8-19-7-3-9-20(15-19)21-10-4-12-23(16-21)25(28)29/h2-4,6-7,9-12,14-16,24,26-27H,5,8,13,17H2,1H3,(H,28,29)/t24-/m0/s1/i2D,4D,6D,10D,11D,12D,14D,16D,17D2. The second-order valence-electron chi connectivity index (χ2n) is 6.37. The molecule has 3 aromatic carbocycles. The summed E-state index contributed by atoms with van der Waals surface area (Å²) in [6.45, 7) is -0.984. The van der Waals surface area contributed by atoms with E-state index in [4.69, 9.17) is 13.7 Å². The molecule has 0 radical (unpaired) electrons. The van der Waals surface area contributed by atoms with Gasteiger partial charge in [0, 0.05) is 9.24 Å². The van der Waals surface area contributed by atoms with Crippen LogP contribution >= 0.6 is 0 Å². The van der Waals surface area contributed by atoms with Gasteiger partial charge in [0.2, 0.25) is 0 Å². The topological polar surface area (TPSA) is 69.6 Å². The zero-order valence-corrected chi connectivity index (χ0v) is 15.8. The van der Waals surface area contributed by atoms with Gasteiger partial charge in [-0.15, -0.1) is 0 Å². The summed E-state index contributed by atoms with van der Waals surface area (Å²) in [5, 5.41) is 22.6. The highest BCUT2D eigenvalue weighted by Crippen LogP contribution is 2.22. The van der Waals surface area contributed by atoms with Crippen LogP contribution in [0.2, 0.25) is 0 Å². The summed E-state index contributed by atoms with van der Waals surface area (Å²) < 4.78 is 80.5. The van der Waals surface area contributed by atoms with Crippen molar-refractivity contribution in [2.75, 3.05) is 13.0 Å². The van der Waals surface area contributed by atoms with E-state index >= 15 is 0 Å². The molecule has 0 fully saturated rings. The van der Waals surface area contributed by atoms with E-state index in [-0.39, 0.29) is 35.3 Å². The van der Waals surface area contributed by atoms with Crippen LogP contribution in [0.4, 0.5) is 0 Å². The number of hydrogen-bond donors (Lipinski definition) is 3. The lowest BCUT2D eigenvalue weighted by Crippen LogP contribution is -2.22. The smallest absolute Gasteiger partial charge is 0.335 e. The summed E-state index contributed by atoms with van der Waals surface area (Å²) in [4.78, 5) is 11.6. The molecule has 0 heterocycles. The number of carboxylic acids is 1. The molecule has 3 N–H and O–H groups in total. The van der Waals surface area contributed by atoms with E-state index in [1.165, 1.54) is 6.92 Å². The van der Waals surface area contributed by atoms with Gasteiger partial charge in [-0.2, -0.15) is 0 Å². The molecule has 3 aromatic rings. The van der Waals surface area contributed by atoms with Crippen LogP contribution in [0.15, 0.2) is 72.6 Å². The first-order chi connectivity index (χ1) is 18.1. The lowest BCUT2D eigenvalue weighted by Gasteiger charge is -2.13. The van der Waals surface area contributed by atoms with E-state index in [0.29, 0.717) is 18.4 Å². The molecule has 1 atom stereocenters. The highest BCUT2D eigenvalue weighted by molar-refractivity contribution is 5.89. The fraction of sp³-hybridized carbons (Fsp3) is 0.240. The third kappa shape index (κ3) is 6.01. The van der Waals surface area contributed by atoms with Gasteiger partial charge in [0.1, 0.15) is 0 Å². The van der Waals surface area contributed by atoms with Crippen molar-refractivity contribution in [3.05, 3.63) is 94.9 Å². The van der Waals surface area contributed by atoms with Crippen molar-refractivity contribution >= 4 is 5.97 Å². The maximum Gasteiger partial charge on any atom is 0.335 e. The predicted octanol–water partition coefficient (Wildman–Crippen LogP) is 4.62. The Morgan fingerprint density at radius 3 is 2.83 bits per heavy atom. The molecule has 0 bridgehead atoms. The largest absolute Gasteiger partial charge is 0.478 e. The van der Waals surface area contributed by atoms with Crippen LogP contribution in [0.1, 0.15) is 53.3 Å². The van der Waals surface area contributed by atoms with Gasteiger partial charge < -0.3 is 15.5 Å². The van der Waals surface area contributed by atoms with Gasteiger partial charge >= 0.3 is 5.97 Å². The van der Waals surface area contributed by atoms with Crippen LogP contribution in [0.3, 0.4) is 0 Å². The summed E-state index contributed by atoms with van der Waals surface area (Å²) in [7, 11) is 0. The SMILES string of the molecule is [2H]c1c([2H])c(C(=O)O)c([2H])c(-c2cccc(CCCNC([2H])([2H])[C@H](O)c3c([2H])c([2H])c([2H])c(C)c3[2H])c2)c1[2H]. The van der Waals surface area contributed by atoms with Crippen molar-refractivity contribution in [1.29, 1.82) is 0 Å². The number of aryl methyl sites for hydroxylation is 1. The molecule has 0 aliphatic heterocycles. The molecular weight excluding hydrogens is 362 g/mol. The van der Waals surface area contributed by atoms with Gasteiger partial charge in [-0.25, -0.2) is 4.79 Å². The number of nitrogens with one attached hydrogen (secondary N) is 1. The third-order valence-electron chi connectivity index (χ3n) is 4.10. The minimum absolute atomic E-state index is 0.0674. The molecule has 29 heavy (non-hydrogen) atoms. The quantitative estimate of drug-likeness (QED) is 0.459. The first-order valence-electron chi connectivity index (χ1n) is 14.0. The number of benzene rings is 3. The highest BCUT2D eigenvalue weighted by Gasteiger charge is 2.07. The summed E-state index contributed by atoms with van der Waals surface area (Å²) >= 11 is 0. The molecule has 0 spiro atoms. The Labute approximate surface area is 185 Å². The molecule has 4 nitrogen and oxygen atoms in total. The van der Waals surface area contributed by atoms with Crippen molar-refractivity contribution in [3.8, 4) is 11.1 Å². The monoisotopic (exact) mass is 399 g/mol. The lowest BCUT2D eigenvalue weighted by molar-refractivity contribution is 0.0697. The van der Waals surface area contributed by atoms with Gasteiger partial charge in [0.25, 0.3) is 0 Å². The van der Waals surface area contributed by atoms with Crippen LogP contribution in [0, 0.1) is 6.92 Å². The number of aliphatic hydroxyl groups is 1. The van der Waals surface area contributed by atoms with Gasteiger partial charge in [-0.05, 0) is 60.6 Å². The molecule has 0 amide bonds. The van der Waals surface area contributed by atoms with E-state index in [2.05, 4.69) is 5.32 Å². The van der Waals surface area contributed by atoms with E-state index in [9.17, 15) is 15.0 Å². The Bertz CT molecular complexity index is 1420. The molecule has 4 heteroatoms. The summed E-state index contributed by atoms with van der Waals surface area (Å²) in [6.07, 6.45) is -1.18. The van der Waals surface area contributed by atoms with Gasteiger partial charge in [-0.3, -0.25) is 0 Å². The number of carbonyl (C=O) groups is 1. The molecule has 0 aliphatic carbocycles. The van der Waals surface area contributed by atoms with Gasteiger partial charge in [-0.1, -0.05) is 66.1 Å². The average Bonchev–Trinajstić information content (AvgIpc) is 2.87. The molecule has 0 saturated carbocycles. The number of aliphatic hydroxyl groups excluding tert-OH is 1. The normalized spacial score (nSPS) is 17.3. The predicted molar refractivity (Wildman–Crippen MR) is 116 cm³/mol. The fourth-order valence-electron chi connectivity index (χ4n) is 2.69. The van der Waals surface area contributed by atoms with E-state index in [0.717, 1.165) is 5.56 Å². The van der Waals surface area contributed by atoms with Crippen molar-refractivity contribution in [2.24, 2.45) is 0 Å². The van der Waals surface area contributed by atoms with Gasteiger partial charge in [0.15, 0.2) is 0 Å². The Kier molecular flexibility index (Phi) is 3.90. The average molecular weight is 400 g/mol. The highest BCUT2D eigenvalue weighted by atomic mass is 16.4. The van der Waals surface area contributed by atoms with Crippen molar-refractivity contribution in [2.45, 2.75) is 25.9 Å². The van der Waals surface area contributed by atoms with E-state index in [1.807, 2.05) is 0 Å². The summed E-state index contributed by atoms with van der Waals surface area (Å²) in [5.41, 5.74) is 0.0192. The fourth-order valence-corrected chi connectivity index (χ4v) is 2.69. The summed E-state index contributed by atoms with van der Waals surface area (Å²) in [6, 6.07) is 2.59. The number of carboxylic acid groups (broad SMARTS) is 1. The second kappa shape index (κ2) is 10.0. The minimum Gasteiger partial charge on any atom is -0.478 e. The maximum absolute atomic E-state index is 11.6. The first kappa shape index (κ1) is 11.3. The zero-order valence-electron chi connectivity index (χ0n) is 25.8.